The van der Waals surface area contributed by atoms with Crippen LogP contribution in [0.1, 0.15) is 29.3 Å². The molecule has 7 heteroatoms. The van der Waals surface area contributed by atoms with Crippen LogP contribution >= 0.6 is 11.3 Å². The minimum absolute atomic E-state index is 0.0365. The summed E-state index contributed by atoms with van der Waals surface area (Å²) >= 11 is 1.57. The number of aryl methyl sites for hydroxylation is 1. The normalized spacial score (nSPS) is 20.0. The molecule has 2 aliphatic heterocycles. The number of thiophene rings is 1. The average Bonchev–Trinajstić information content (AvgIpc) is 3.46. The van der Waals surface area contributed by atoms with Gasteiger partial charge >= 0.3 is 0 Å². The summed E-state index contributed by atoms with van der Waals surface area (Å²) in [5, 5.41) is 5.00. The van der Waals surface area contributed by atoms with E-state index in [9.17, 15) is 9.59 Å². The summed E-state index contributed by atoms with van der Waals surface area (Å²) in [4.78, 5) is 29.2. The Balaban J connectivity index is 1.47. The molecule has 3 aromatic rings. The number of rotatable bonds is 4. The zero-order chi connectivity index (χ0) is 21.4. The third-order valence-corrected chi connectivity index (χ3v) is 6.66. The summed E-state index contributed by atoms with van der Waals surface area (Å²) in [6, 6.07) is 16.8. The second-order valence-electron chi connectivity index (χ2n) is 7.76. The highest BCUT2D eigenvalue weighted by Gasteiger charge is 2.42. The van der Waals surface area contributed by atoms with Gasteiger partial charge < -0.3 is 19.7 Å². The lowest BCUT2D eigenvalue weighted by molar-refractivity contribution is -0.125. The van der Waals surface area contributed by atoms with Crippen molar-refractivity contribution in [3.05, 3.63) is 70.4 Å². The number of carbonyl (C=O) groups is 2. The third kappa shape index (κ3) is 3.77. The van der Waals surface area contributed by atoms with E-state index < -0.39 is 0 Å². The molecule has 6 nitrogen and oxygen atoms in total. The largest absolute Gasteiger partial charge is 0.454 e. The number of piperidine rings is 1. The monoisotopic (exact) mass is 434 g/mol. The minimum atomic E-state index is -0.372. The van der Waals surface area contributed by atoms with Gasteiger partial charge in [0.05, 0.1) is 12.0 Å². The number of benzene rings is 2. The Morgan fingerprint density at radius 1 is 1.10 bits per heavy atom. The van der Waals surface area contributed by atoms with Crippen molar-refractivity contribution in [2.24, 2.45) is 5.92 Å². The van der Waals surface area contributed by atoms with Crippen molar-refractivity contribution in [3.8, 4) is 11.5 Å². The molecular weight excluding hydrogens is 412 g/mol. The first kappa shape index (κ1) is 19.6. The molecule has 2 aliphatic rings. The van der Waals surface area contributed by atoms with Crippen molar-refractivity contribution in [3.63, 3.8) is 0 Å². The molecule has 0 saturated carbocycles. The molecule has 0 unspecified atom stereocenters. The van der Waals surface area contributed by atoms with Gasteiger partial charge in [0.15, 0.2) is 11.5 Å². The number of ether oxygens (including phenoxy) is 2. The number of amides is 2. The third-order valence-electron chi connectivity index (χ3n) is 5.72. The summed E-state index contributed by atoms with van der Waals surface area (Å²) < 4.78 is 10.8. The van der Waals surface area contributed by atoms with E-state index in [0.29, 0.717) is 30.0 Å². The van der Waals surface area contributed by atoms with Crippen molar-refractivity contribution >= 4 is 34.5 Å². The van der Waals surface area contributed by atoms with Crippen molar-refractivity contribution in [2.45, 2.75) is 25.8 Å². The smallest absolute Gasteiger partial charge is 0.231 e. The van der Waals surface area contributed by atoms with E-state index >= 15 is 0 Å². The van der Waals surface area contributed by atoms with Gasteiger partial charge in [-0.3, -0.25) is 9.59 Å². The maximum atomic E-state index is 13.4. The van der Waals surface area contributed by atoms with Gasteiger partial charge in [-0.15, -0.1) is 11.3 Å². The summed E-state index contributed by atoms with van der Waals surface area (Å²) in [6.07, 6.45) is 0.828. The lowest BCUT2D eigenvalue weighted by Gasteiger charge is -2.40. The molecule has 3 heterocycles. The van der Waals surface area contributed by atoms with Crippen LogP contribution in [0.5, 0.6) is 11.5 Å². The topological polar surface area (TPSA) is 67.9 Å². The first-order valence-corrected chi connectivity index (χ1v) is 11.1. The van der Waals surface area contributed by atoms with E-state index in [2.05, 4.69) is 5.32 Å². The standard InChI is InChI=1S/C24H22N2O4S/c1-15-4-7-17(8-5-15)26-22(27)11-9-18(23(26)21-3-2-12-31-21)24(28)25-16-6-10-19-20(13-16)30-14-29-19/h2-8,10,12-13,18,23H,9,11,14H2,1H3,(H,25,28)/t18-,23+/m0/s1. The number of nitrogens with zero attached hydrogens (tertiary/aromatic N) is 1. The van der Waals surface area contributed by atoms with E-state index in [4.69, 9.17) is 9.47 Å². The molecule has 1 aromatic heterocycles. The molecule has 0 aliphatic carbocycles. The van der Waals surface area contributed by atoms with Gasteiger partial charge in [-0.2, -0.15) is 0 Å². The Morgan fingerprint density at radius 3 is 2.68 bits per heavy atom. The SMILES string of the molecule is Cc1ccc(N2C(=O)CC[C@H](C(=O)Nc3ccc4c(c3)OCO4)[C@@H]2c2cccs2)cc1. The molecule has 5 rings (SSSR count). The highest BCUT2D eigenvalue weighted by atomic mass is 32.1. The van der Waals surface area contributed by atoms with Gasteiger partial charge in [-0.1, -0.05) is 23.8 Å². The van der Waals surface area contributed by atoms with Gasteiger partial charge in [-0.05, 0) is 49.1 Å². The van der Waals surface area contributed by atoms with Crippen LogP contribution in [0.15, 0.2) is 60.0 Å². The number of hydrogen-bond donors (Lipinski definition) is 1. The number of hydrogen-bond acceptors (Lipinski definition) is 5. The molecule has 2 amide bonds. The van der Waals surface area contributed by atoms with Crippen LogP contribution in [-0.4, -0.2) is 18.6 Å². The average molecular weight is 435 g/mol. The van der Waals surface area contributed by atoms with Crippen LogP contribution in [0.3, 0.4) is 0 Å². The van der Waals surface area contributed by atoms with Gasteiger partial charge in [0.2, 0.25) is 18.6 Å². The molecule has 2 aromatic carbocycles. The first-order valence-electron chi connectivity index (χ1n) is 10.2. The molecule has 1 N–H and O–H groups in total. The van der Waals surface area contributed by atoms with E-state index in [0.717, 1.165) is 16.1 Å². The Labute approximate surface area is 184 Å². The highest BCUT2D eigenvalue weighted by molar-refractivity contribution is 7.10. The maximum Gasteiger partial charge on any atom is 0.231 e. The highest BCUT2D eigenvalue weighted by Crippen LogP contribution is 2.42. The lowest BCUT2D eigenvalue weighted by Crippen LogP contribution is -2.46. The predicted molar refractivity (Wildman–Crippen MR) is 120 cm³/mol. The fraction of sp³-hybridized carbons (Fsp3) is 0.250. The minimum Gasteiger partial charge on any atom is -0.454 e. The number of fused-ring (bicyclic) bond motifs is 1. The van der Waals surface area contributed by atoms with Crippen LogP contribution in [0.25, 0.3) is 0 Å². The zero-order valence-corrected chi connectivity index (χ0v) is 17.9. The molecule has 1 saturated heterocycles. The van der Waals surface area contributed by atoms with Gasteiger partial charge in [0.1, 0.15) is 0 Å². The molecule has 0 spiro atoms. The quantitative estimate of drug-likeness (QED) is 0.634. The van der Waals surface area contributed by atoms with Crippen molar-refractivity contribution in [1.82, 2.24) is 0 Å². The van der Waals surface area contributed by atoms with E-state index in [-0.39, 0.29) is 30.6 Å². The second kappa shape index (κ2) is 8.07. The predicted octanol–water partition coefficient (Wildman–Crippen LogP) is 4.91. The molecule has 31 heavy (non-hydrogen) atoms. The maximum absolute atomic E-state index is 13.4. The van der Waals surface area contributed by atoms with Crippen molar-refractivity contribution in [2.75, 3.05) is 17.0 Å². The number of carbonyl (C=O) groups excluding carboxylic acids is 2. The van der Waals surface area contributed by atoms with Gasteiger partial charge in [0, 0.05) is 28.7 Å². The number of nitrogens with one attached hydrogen (secondary N) is 1. The van der Waals surface area contributed by atoms with Gasteiger partial charge in [0.25, 0.3) is 0 Å². The summed E-state index contributed by atoms with van der Waals surface area (Å²) in [5.41, 5.74) is 2.59. The Morgan fingerprint density at radius 2 is 1.90 bits per heavy atom. The zero-order valence-electron chi connectivity index (χ0n) is 17.0. The summed E-state index contributed by atoms with van der Waals surface area (Å²) in [6.45, 7) is 2.20. The first-order chi connectivity index (χ1) is 15.1. The molecule has 0 radical (unpaired) electrons. The molecule has 158 valence electrons. The van der Waals surface area contributed by atoms with Crippen LogP contribution in [-0.2, 0) is 9.59 Å². The fourth-order valence-electron chi connectivity index (χ4n) is 4.17. The molecule has 0 bridgehead atoms. The van der Waals surface area contributed by atoms with Crippen LogP contribution in [0.4, 0.5) is 11.4 Å². The molecule has 1 fully saturated rings. The lowest BCUT2D eigenvalue weighted by atomic mass is 9.86. The van der Waals surface area contributed by atoms with Crippen LogP contribution < -0.4 is 19.7 Å². The Hall–Kier alpha value is -3.32. The fourth-order valence-corrected chi connectivity index (χ4v) is 5.05. The molecule has 2 atom stereocenters. The summed E-state index contributed by atoms with van der Waals surface area (Å²) in [5.74, 6) is 0.843. The van der Waals surface area contributed by atoms with Crippen molar-refractivity contribution in [1.29, 1.82) is 0 Å². The van der Waals surface area contributed by atoms with Gasteiger partial charge in [-0.25, -0.2) is 0 Å². The van der Waals surface area contributed by atoms with Crippen molar-refractivity contribution < 1.29 is 19.1 Å². The Kier molecular flexibility index (Phi) is 5.11. The van der Waals surface area contributed by atoms with Crippen LogP contribution in [0, 0.1) is 12.8 Å². The Bertz CT molecular complexity index is 1110. The molecular formula is C24H22N2O4S. The van der Waals surface area contributed by atoms with E-state index in [1.165, 1.54) is 0 Å². The second-order valence-corrected chi connectivity index (χ2v) is 8.74. The summed E-state index contributed by atoms with van der Waals surface area (Å²) in [7, 11) is 0. The van der Waals surface area contributed by atoms with E-state index in [1.54, 1.807) is 34.4 Å². The van der Waals surface area contributed by atoms with Crippen LogP contribution in [0.2, 0.25) is 0 Å². The number of anilines is 2. The van der Waals surface area contributed by atoms with E-state index in [1.807, 2.05) is 48.7 Å².